The highest BCUT2D eigenvalue weighted by molar-refractivity contribution is 6.16. The number of allylic oxidation sites excluding steroid dienone is 1. The molecular weight excluding hydrogens is 568 g/mol. The SMILES string of the molecule is COC(=O)C1CCN(Cc2ccc(-c3ccc(O)c4c3C[C@H]3C[C@H]5CC(O)C(C(N)=O)C(=O)[C@@]5(O)C(O)=C3C4=O)cc2)CC1. The van der Waals surface area contributed by atoms with E-state index < -0.39 is 52.7 Å². The van der Waals surface area contributed by atoms with E-state index in [0.29, 0.717) is 5.56 Å². The number of hydrogen-bond acceptors (Lipinski definition) is 10. The van der Waals surface area contributed by atoms with Crippen molar-refractivity contribution in [2.24, 2.45) is 29.4 Å². The minimum absolute atomic E-state index is 0.00496. The van der Waals surface area contributed by atoms with Crippen LogP contribution in [-0.2, 0) is 32.1 Å². The predicted octanol–water partition coefficient (Wildman–Crippen LogP) is 1.80. The monoisotopic (exact) mass is 604 g/mol. The number of carbonyl (C=O) groups excluding carboxylic acids is 4. The number of aliphatic hydroxyl groups excluding tert-OH is 2. The number of amides is 1. The van der Waals surface area contributed by atoms with E-state index in [-0.39, 0.29) is 48.0 Å². The number of esters is 1. The largest absolute Gasteiger partial charge is 0.508 e. The number of aromatic hydroxyl groups is 1. The summed E-state index contributed by atoms with van der Waals surface area (Å²) < 4.78 is 4.88. The van der Waals surface area contributed by atoms with Crippen LogP contribution in [0.3, 0.4) is 0 Å². The number of rotatable bonds is 5. The molecule has 6 rings (SSSR count). The Morgan fingerprint density at radius 3 is 2.36 bits per heavy atom. The fourth-order valence-electron chi connectivity index (χ4n) is 7.74. The third-order valence-electron chi connectivity index (χ3n) is 10.1. The second-order valence-electron chi connectivity index (χ2n) is 12.5. The zero-order valence-electron chi connectivity index (χ0n) is 24.4. The Morgan fingerprint density at radius 2 is 1.73 bits per heavy atom. The van der Waals surface area contributed by atoms with Gasteiger partial charge in [-0.15, -0.1) is 0 Å². The molecule has 4 aliphatic rings. The number of nitrogens with zero attached hydrogens (tertiary/aromatic N) is 1. The summed E-state index contributed by atoms with van der Waals surface area (Å²) in [5.41, 5.74) is 5.87. The van der Waals surface area contributed by atoms with E-state index in [0.717, 1.165) is 49.2 Å². The van der Waals surface area contributed by atoms with E-state index >= 15 is 0 Å². The van der Waals surface area contributed by atoms with Gasteiger partial charge in [-0.1, -0.05) is 30.3 Å². The Bertz CT molecular complexity index is 1570. The first kappa shape index (κ1) is 30.0. The summed E-state index contributed by atoms with van der Waals surface area (Å²) in [5, 5.41) is 44.0. The van der Waals surface area contributed by atoms with Gasteiger partial charge in [-0.3, -0.25) is 24.1 Å². The van der Waals surface area contributed by atoms with Crippen LogP contribution in [0.2, 0.25) is 0 Å². The highest BCUT2D eigenvalue weighted by Gasteiger charge is 2.62. The van der Waals surface area contributed by atoms with Crippen LogP contribution in [0, 0.1) is 23.7 Å². The highest BCUT2D eigenvalue weighted by atomic mass is 16.5. The molecule has 6 N–H and O–H groups in total. The highest BCUT2D eigenvalue weighted by Crippen LogP contribution is 2.52. The van der Waals surface area contributed by atoms with E-state index in [1.165, 1.54) is 13.2 Å². The quantitative estimate of drug-likeness (QED) is 0.249. The third-order valence-corrected chi connectivity index (χ3v) is 10.1. The number of ether oxygens (including phenoxy) is 1. The number of fused-ring (bicyclic) bond motifs is 3. The second kappa shape index (κ2) is 11.1. The van der Waals surface area contributed by atoms with E-state index in [1.807, 2.05) is 24.3 Å². The molecule has 1 amide bonds. The number of carbonyl (C=O) groups is 4. The van der Waals surface area contributed by atoms with Crippen LogP contribution in [0.4, 0.5) is 0 Å². The van der Waals surface area contributed by atoms with Crippen LogP contribution in [-0.4, -0.2) is 80.7 Å². The summed E-state index contributed by atoms with van der Waals surface area (Å²) in [6.07, 6.45) is 0.293. The molecule has 0 spiro atoms. The molecule has 2 aromatic rings. The van der Waals surface area contributed by atoms with Gasteiger partial charge in [-0.05, 0) is 79.4 Å². The van der Waals surface area contributed by atoms with Crippen molar-refractivity contribution in [1.82, 2.24) is 4.90 Å². The van der Waals surface area contributed by atoms with Crippen molar-refractivity contribution in [3.8, 4) is 16.9 Å². The Kier molecular flexibility index (Phi) is 7.59. The number of piperidine rings is 1. The number of hydrogen-bond donors (Lipinski definition) is 5. The van der Waals surface area contributed by atoms with Crippen LogP contribution in [0.1, 0.15) is 47.2 Å². The number of phenols is 1. The summed E-state index contributed by atoms with van der Waals surface area (Å²) in [7, 11) is 1.41. The van der Waals surface area contributed by atoms with Gasteiger partial charge in [0.05, 0.1) is 24.7 Å². The second-order valence-corrected chi connectivity index (χ2v) is 12.5. The zero-order valence-corrected chi connectivity index (χ0v) is 24.4. The fraction of sp³-hybridized carbons (Fsp3) is 0.455. The van der Waals surface area contributed by atoms with Crippen molar-refractivity contribution in [3.05, 3.63) is 64.4 Å². The average molecular weight is 605 g/mol. The molecule has 2 fully saturated rings. The minimum Gasteiger partial charge on any atom is -0.508 e. The van der Waals surface area contributed by atoms with Crippen LogP contribution in [0.15, 0.2) is 47.7 Å². The third kappa shape index (κ3) is 4.70. The van der Waals surface area contributed by atoms with Gasteiger partial charge in [0.2, 0.25) is 5.91 Å². The Morgan fingerprint density at radius 1 is 1.05 bits per heavy atom. The molecule has 0 bridgehead atoms. The first-order chi connectivity index (χ1) is 20.9. The molecule has 44 heavy (non-hydrogen) atoms. The Labute approximate surface area is 253 Å². The number of likely N-dealkylation sites (tertiary alicyclic amines) is 1. The number of phenolic OH excluding ortho intramolecular Hbond substituents is 1. The van der Waals surface area contributed by atoms with Gasteiger partial charge in [-0.2, -0.15) is 0 Å². The van der Waals surface area contributed by atoms with Gasteiger partial charge in [0.15, 0.2) is 17.2 Å². The normalized spacial score (nSPS) is 29.1. The number of Topliss-reactive ketones (excluding diaryl/α,β-unsaturated/α-hetero) is 2. The zero-order chi connectivity index (χ0) is 31.5. The Hall–Kier alpha value is -4.06. The lowest BCUT2D eigenvalue weighted by molar-refractivity contribution is -0.167. The van der Waals surface area contributed by atoms with Crippen LogP contribution >= 0.6 is 0 Å². The maximum absolute atomic E-state index is 13.9. The van der Waals surface area contributed by atoms with Crippen molar-refractivity contribution in [2.45, 2.75) is 50.4 Å². The number of aliphatic hydroxyl groups is 3. The lowest BCUT2D eigenvalue weighted by atomic mass is 9.57. The summed E-state index contributed by atoms with van der Waals surface area (Å²) in [5.74, 6) is -7.50. The summed E-state index contributed by atoms with van der Waals surface area (Å²) in [6, 6.07) is 11.1. The molecule has 232 valence electrons. The fourth-order valence-corrected chi connectivity index (χ4v) is 7.74. The van der Waals surface area contributed by atoms with Crippen LogP contribution in [0.25, 0.3) is 11.1 Å². The van der Waals surface area contributed by atoms with Crippen LogP contribution in [0.5, 0.6) is 5.75 Å². The molecule has 1 heterocycles. The van der Waals surface area contributed by atoms with Crippen molar-refractivity contribution in [2.75, 3.05) is 20.2 Å². The van der Waals surface area contributed by atoms with Gasteiger partial charge in [0.25, 0.3) is 0 Å². The number of benzene rings is 2. The number of nitrogens with two attached hydrogens (primary N) is 1. The number of primary amides is 1. The van der Waals surface area contributed by atoms with E-state index in [9.17, 15) is 39.6 Å². The van der Waals surface area contributed by atoms with Gasteiger partial charge < -0.3 is 30.9 Å². The van der Waals surface area contributed by atoms with Crippen molar-refractivity contribution in [3.63, 3.8) is 0 Å². The van der Waals surface area contributed by atoms with E-state index in [2.05, 4.69) is 4.90 Å². The minimum atomic E-state index is -2.53. The Balaban J connectivity index is 1.28. The number of methoxy groups -OCH3 is 1. The standard InChI is InChI=1S/C33H36N2O9/c1-44-32(42)18-8-10-35(11-9-18)15-16-2-4-17(5-3-16)21-6-7-23(36)26-22(21)13-19-12-20-14-24(37)27(31(34)41)30(40)33(20,43)29(39)25(19)28(26)38/h2-7,18-20,24,27,36-37,39,43H,8-15H2,1H3,(H2,34,41)/t19-,20+,24?,27?,33+/m1/s1. The molecule has 1 saturated heterocycles. The molecule has 0 aromatic heterocycles. The predicted molar refractivity (Wildman–Crippen MR) is 156 cm³/mol. The van der Waals surface area contributed by atoms with Gasteiger partial charge in [0, 0.05) is 18.0 Å². The summed E-state index contributed by atoms with van der Waals surface area (Å²) in [4.78, 5) is 53.1. The maximum atomic E-state index is 13.9. The lowest BCUT2D eigenvalue weighted by Crippen LogP contribution is -2.63. The van der Waals surface area contributed by atoms with Gasteiger partial charge in [-0.25, -0.2) is 0 Å². The smallest absolute Gasteiger partial charge is 0.308 e. The molecule has 0 radical (unpaired) electrons. The molecule has 2 aromatic carbocycles. The topological polar surface area (TPSA) is 188 Å². The lowest BCUT2D eigenvalue weighted by Gasteiger charge is -2.48. The maximum Gasteiger partial charge on any atom is 0.308 e. The molecule has 5 atom stereocenters. The molecule has 2 unspecified atom stereocenters. The van der Waals surface area contributed by atoms with E-state index in [4.69, 9.17) is 10.5 Å². The average Bonchev–Trinajstić information content (AvgIpc) is 2.99. The van der Waals surface area contributed by atoms with Crippen molar-refractivity contribution < 1.29 is 44.3 Å². The number of ketones is 2. The van der Waals surface area contributed by atoms with Crippen LogP contribution < -0.4 is 5.73 Å². The van der Waals surface area contributed by atoms with E-state index in [1.54, 1.807) is 6.07 Å². The molecule has 3 aliphatic carbocycles. The first-order valence-electron chi connectivity index (χ1n) is 14.9. The molecule has 1 aliphatic heterocycles. The summed E-state index contributed by atoms with van der Waals surface area (Å²) >= 11 is 0. The first-order valence-corrected chi connectivity index (χ1v) is 14.9. The van der Waals surface area contributed by atoms with Gasteiger partial charge >= 0.3 is 5.97 Å². The van der Waals surface area contributed by atoms with Crippen molar-refractivity contribution >= 4 is 23.4 Å². The molecule has 11 nitrogen and oxygen atoms in total. The van der Waals surface area contributed by atoms with Crippen molar-refractivity contribution in [1.29, 1.82) is 0 Å². The van der Waals surface area contributed by atoms with Gasteiger partial charge in [0.1, 0.15) is 17.4 Å². The molecule has 1 saturated carbocycles. The molecular formula is C33H36N2O9. The molecule has 11 heteroatoms. The summed E-state index contributed by atoms with van der Waals surface area (Å²) in [6.45, 7) is 2.31.